The normalized spacial score (nSPS) is 12.1. The molecule has 1 rings (SSSR count). The summed E-state index contributed by atoms with van der Waals surface area (Å²) in [7, 11) is 1.71. The van der Waals surface area contributed by atoms with Crippen LogP contribution in [0.4, 0.5) is 0 Å². The van der Waals surface area contributed by atoms with E-state index in [0.717, 1.165) is 11.5 Å². The second-order valence-corrected chi connectivity index (χ2v) is 4.66. The summed E-state index contributed by atoms with van der Waals surface area (Å²) in [4.78, 5) is 0. The van der Waals surface area contributed by atoms with E-state index in [4.69, 9.17) is 9.47 Å². The highest BCUT2D eigenvalue weighted by Crippen LogP contribution is 2.15. The molecule has 0 bridgehead atoms. The molecule has 0 radical (unpaired) electrons. The molecule has 88 valence electrons. The fourth-order valence-corrected chi connectivity index (χ4v) is 2.05. The van der Waals surface area contributed by atoms with E-state index in [2.05, 4.69) is 6.58 Å². The Bertz CT molecular complexity index is 287. The van der Waals surface area contributed by atoms with Crippen molar-refractivity contribution in [2.75, 3.05) is 26.1 Å². The first-order chi connectivity index (χ1) is 7.86. The van der Waals surface area contributed by atoms with E-state index >= 15 is 0 Å². The molecule has 0 saturated carbocycles. The van der Waals surface area contributed by atoms with Gasteiger partial charge in [-0.2, -0.15) is 0 Å². The maximum Gasteiger partial charge on any atom is 0.119 e. The lowest BCUT2D eigenvalue weighted by atomic mass is 10.3. The highest BCUT2D eigenvalue weighted by atomic mass is 32.2. The smallest absolute Gasteiger partial charge is 0.119 e. The van der Waals surface area contributed by atoms with Gasteiger partial charge >= 0.3 is 0 Å². The van der Waals surface area contributed by atoms with Crippen LogP contribution in [0.1, 0.15) is 0 Å². The molecule has 2 nitrogen and oxygen atoms in total. The lowest BCUT2D eigenvalue weighted by Gasteiger charge is -2.15. The van der Waals surface area contributed by atoms with Crippen molar-refractivity contribution in [2.45, 2.75) is 5.25 Å². The Morgan fingerprint density at radius 3 is 2.69 bits per heavy atom. The summed E-state index contributed by atoms with van der Waals surface area (Å²) in [6.45, 7) is 5.07. The molecular weight excluding hydrogens is 220 g/mol. The first-order valence-electron chi connectivity index (χ1n) is 5.26. The van der Waals surface area contributed by atoms with Crippen molar-refractivity contribution in [1.82, 2.24) is 0 Å². The van der Waals surface area contributed by atoms with Crippen LogP contribution in [0, 0.1) is 0 Å². The molecule has 16 heavy (non-hydrogen) atoms. The third-order valence-electron chi connectivity index (χ3n) is 1.98. The molecule has 0 heterocycles. The quantitative estimate of drug-likeness (QED) is 0.649. The molecule has 1 unspecified atom stereocenters. The first-order valence-corrected chi connectivity index (χ1v) is 6.31. The first kappa shape index (κ1) is 13.1. The number of hydrogen-bond donors (Lipinski definition) is 0. The van der Waals surface area contributed by atoms with Gasteiger partial charge in [-0.05, 0) is 12.1 Å². The van der Waals surface area contributed by atoms with Crippen molar-refractivity contribution in [3.63, 3.8) is 0 Å². The molecule has 0 amide bonds. The topological polar surface area (TPSA) is 18.5 Å². The SMILES string of the molecule is C=CCSC(COC)COc1ccccc1. The van der Waals surface area contributed by atoms with Crippen molar-refractivity contribution in [2.24, 2.45) is 0 Å². The third kappa shape index (κ3) is 5.24. The van der Waals surface area contributed by atoms with Gasteiger partial charge in [0.2, 0.25) is 0 Å². The number of para-hydroxylation sites is 1. The molecule has 0 aromatic heterocycles. The van der Waals surface area contributed by atoms with Crippen LogP contribution >= 0.6 is 11.8 Å². The van der Waals surface area contributed by atoms with Crippen LogP contribution in [0.2, 0.25) is 0 Å². The zero-order chi connectivity index (χ0) is 11.6. The highest BCUT2D eigenvalue weighted by Gasteiger charge is 2.09. The minimum atomic E-state index is 0.350. The maximum atomic E-state index is 5.68. The van der Waals surface area contributed by atoms with E-state index in [0.29, 0.717) is 18.5 Å². The van der Waals surface area contributed by atoms with Gasteiger partial charge in [-0.3, -0.25) is 0 Å². The fourth-order valence-electron chi connectivity index (χ4n) is 1.24. The third-order valence-corrected chi connectivity index (χ3v) is 3.15. The van der Waals surface area contributed by atoms with E-state index in [1.165, 1.54) is 0 Å². The molecule has 1 aromatic carbocycles. The van der Waals surface area contributed by atoms with Gasteiger partial charge in [-0.25, -0.2) is 0 Å². The molecular formula is C13H18O2S. The van der Waals surface area contributed by atoms with Crippen molar-refractivity contribution >= 4 is 11.8 Å². The second-order valence-electron chi connectivity index (χ2n) is 3.32. The summed E-state index contributed by atoms with van der Waals surface area (Å²) in [6, 6.07) is 9.84. The van der Waals surface area contributed by atoms with Crippen molar-refractivity contribution < 1.29 is 9.47 Å². The zero-order valence-electron chi connectivity index (χ0n) is 9.59. The van der Waals surface area contributed by atoms with E-state index in [9.17, 15) is 0 Å². The Morgan fingerprint density at radius 1 is 1.31 bits per heavy atom. The molecule has 0 aliphatic rings. The largest absolute Gasteiger partial charge is 0.492 e. The van der Waals surface area contributed by atoms with Gasteiger partial charge in [-0.15, -0.1) is 18.3 Å². The van der Waals surface area contributed by atoms with Crippen molar-refractivity contribution in [3.8, 4) is 5.75 Å². The van der Waals surface area contributed by atoms with Gasteiger partial charge in [0, 0.05) is 12.9 Å². The molecule has 0 aliphatic heterocycles. The summed E-state index contributed by atoms with van der Waals surface area (Å²) in [5, 5.41) is 0.350. The standard InChI is InChI=1S/C13H18O2S/c1-3-9-16-13(10-14-2)11-15-12-7-5-4-6-8-12/h3-8,13H,1,9-11H2,2H3. The molecule has 0 aliphatic carbocycles. The van der Waals surface area contributed by atoms with E-state index in [1.807, 2.05) is 36.4 Å². The van der Waals surface area contributed by atoms with Crippen LogP contribution in [0.3, 0.4) is 0 Å². The molecule has 3 heteroatoms. The van der Waals surface area contributed by atoms with Gasteiger partial charge in [0.25, 0.3) is 0 Å². The van der Waals surface area contributed by atoms with Gasteiger partial charge in [0.05, 0.1) is 11.9 Å². The van der Waals surface area contributed by atoms with Crippen LogP contribution in [0.25, 0.3) is 0 Å². The summed E-state index contributed by atoms with van der Waals surface area (Å²) in [5.74, 6) is 1.83. The van der Waals surface area contributed by atoms with E-state index in [-0.39, 0.29) is 0 Å². The predicted molar refractivity (Wildman–Crippen MR) is 70.3 cm³/mol. The van der Waals surface area contributed by atoms with Gasteiger partial charge < -0.3 is 9.47 Å². The lowest BCUT2D eigenvalue weighted by Crippen LogP contribution is -2.20. The average molecular weight is 238 g/mol. The molecule has 0 spiro atoms. The molecule has 1 aromatic rings. The predicted octanol–water partition coefficient (Wildman–Crippen LogP) is 3.00. The number of rotatable bonds is 8. The maximum absolute atomic E-state index is 5.68. The fraction of sp³-hybridized carbons (Fsp3) is 0.385. The van der Waals surface area contributed by atoms with Gasteiger partial charge in [0.1, 0.15) is 12.4 Å². The monoisotopic (exact) mass is 238 g/mol. The second kappa shape index (κ2) is 8.25. The number of thioether (sulfide) groups is 1. The molecule has 0 N–H and O–H groups in total. The number of benzene rings is 1. The Kier molecular flexibility index (Phi) is 6.77. The van der Waals surface area contributed by atoms with Crippen LogP contribution < -0.4 is 4.74 Å². The van der Waals surface area contributed by atoms with Crippen molar-refractivity contribution in [3.05, 3.63) is 43.0 Å². The highest BCUT2D eigenvalue weighted by molar-refractivity contribution is 8.00. The Balaban J connectivity index is 2.34. The molecule has 0 fully saturated rings. The van der Waals surface area contributed by atoms with Crippen LogP contribution in [0.15, 0.2) is 43.0 Å². The molecule has 0 saturated heterocycles. The number of methoxy groups -OCH3 is 1. The minimum absolute atomic E-state index is 0.350. The molecule has 1 atom stereocenters. The van der Waals surface area contributed by atoms with Crippen LogP contribution in [-0.4, -0.2) is 31.3 Å². The number of ether oxygens (including phenoxy) is 2. The van der Waals surface area contributed by atoms with Crippen LogP contribution in [-0.2, 0) is 4.74 Å². The Morgan fingerprint density at radius 2 is 2.06 bits per heavy atom. The van der Waals surface area contributed by atoms with E-state index < -0.39 is 0 Å². The van der Waals surface area contributed by atoms with Gasteiger partial charge in [0.15, 0.2) is 0 Å². The van der Waals surface area contributed by atoms with E-state index in [1.54, 1.807) is 18.9 Å². The minimum Gasteiger partial charge on any atom is -0.492 e. The Labute approximate surface area is 102 Å². The average Bonchev–Trinajstić information content (AvgIpc) is 2.34. The summed E-state index contributed by atoms with van der Waals surface area (Å²) in [5.41, 5.74) is 0. The van der Waals surface area contributed by atoms with Crippen molar-refractivity contribution in [1.29, 1.82) is 0 Å². The summed E-state index contributed by atoms with van der Waals surface area (Å²) < 4.78 is 10.8. The Hall–Kier alpha value is -0.930. The van der Waals surface area contributed by atoms with Crippen LogP contribution in [0.5, 0.6) is 5.75 Å². The summed E-state index contributed by atoms with van der Waals surface area (Å²) >= 11 is 1.80. The zero-order valence-corrected chi connectivity index (χ0v) is 10.4. The number of hydrogen-bond acceptors (Lipinski definition) is 3. The summed E-state index contributed by atoms with van der Waals surface area (Å²) in [6.07, 6.45) is 1.90. The lowest BCUT2D eigenvalue weighted by molar-refractivity contribution is 0.177. The van der Waals surface area contributed by atoms with Gasteiger partial charge in [-0.1, -0.05) is 24.3 Å².